The van der Waals surface area contributed by atoms with E-state index in [1.54, 1.807) is 0 Å². The van der Waals surface area contributed by atoms with Gasteiger partial charge in [-0.1, -0.05) is 13.0 Å². The summed E-state index contributed by atoms with van der Waals surface area (Å²) < 4.78 is 0. The van der Waals surface area contributed by atoms with Crippen LogP contribution in [0.3, 0.4) is 0 Å². The zero-order valence-corrected chi connectivity index (χ0v) is 14.5. The minimum atomic E-state index is -0.249. The molecule has 7 heteroatoms. The number of aromatic nitrogens is 2. The lowest BCUT2D eigenvalue weighted by molar-refractivity contribution is -0.116. The highest BCUT2D eigenvalue weighted by molar-refractivity contribution is 6.05. The average Bonchev–Trinajstić information content (AvgIpc) is 3.03. The maximum atomic E-state index is 12.6. The van der Waals surface area contributed by atoms with Crippen LogP contribution >= 0.6 is 0 Å². The summed E-state index contributed by atoms with van der Waals surface area (Å²) in [6, 6.07) is 5.46. The smallest absolute Gasteiger partial charge is 0.276 e. The van der Waals surface area contributed by atoms with E-state index >= 15 is 0 Å². The minimum absolute atomic E-state index is 0.0264. The van der Waals surface area contributed by atoms with Gasteiger partial charge in [-0.3, -0.25) is 14.7 Å². The molecule has 1 aliphatic heterocycles. The standard InChI is InChI=1S/C18H23N5O2/c1-3-5-16(24)20-13-6-4-7-14(11(13)2)21-18(25)17-12-10-19-9-8-15(12)22-23-17/h4,6-7,19H,3,5,8-10H2,1-2H3,(H,20,24)(H,21,25)(H,22,23). The van der Waals surface area contributed by atoms with Crippen LogP contribution in [-0.4, -0.2) is 28.6 Å². The van der Waals surface area contributed by atoms with Crippen LogP contribution in [-0.2, 0) is 17.8 Å². The molecule has 132 valence electrons. The van der Waals surface area contributed by atoms with Gasteiger partial charge in [0.25, 0.3) is 5.91 Å². The normalized spacial score (nSPS) is 13.2. The Labute approximate surface area is 146 Å². The van der Waals surface area contributed by atoms with Crippen LogP contribution in [0, 0.1) is 6.92 Å². The van der Waals surface area contributed by atoms with Crippen LogP contribution in [0.4, 0.5) is 11.4 Å². The molecule has 0 bridgehead atoms. The second kappa shape index (κ2) is 7.48. The molecule has 3 rings (SSSR count). The summed E-state index contributed by atoms with van der Waals surface area (Å²) in [5.41, 5.74) is 4.56. The largest absolute Gasteiger partial charge is 0.326 e. The Hall–Kier alpha value is -2.67. The van der Waals surface area contributed by atoms with Crippen molar-refractivity contribution in [3.8, 4) is 0 Å². The molecular formula is C18H23N5O2. The molecule has 0 saturated carbocycles. The number of nitrogens with zero attached hydrogens (tertiary/aromatic N) is 1. The second-order valence-electron chi connectivity index (χ2n) is 6.19. The minimum Gasteiger partial charge on any atom is -0.326 e. The molecule has 1 aliphatic rings. The predicted molar refractivity (Wildman–Crippen MR) is 96.7 cm³/mol. The van der Waals surface area contributed by atoms with Gasteiger partial charge in [-0.15, -0.1) is 0 Å². The molecular weight excluding hydrogens is 318 g/mol. The number of aromatic amines is 1. The summed E-state index contributed by atoms with van der Waals surface area (Å²) in [5, 5.41) is 16.2. The Morgan fingerprint density at radius 3 is 2.76 bits per heavy atom. The van der Waals surface area contributed by atoms with Crippen LogP contribution in [0.2, 0.25) is 0 Å². The van der Waals surface area contributed by atoms with Gasteiger partial charge in [-0.25, -0.2) is 0 Å². The molecule has 7 nitrogen and oxygen atoms in total. The highest BCUT2D eigenvalue weighted by atomic mass is 16.2. The average molecular weight is 341 g/mol. The number of carbonyl (C=O) groups excluding carboxylic acids is 2. The Morgan fingerprint density at radius 2 is 2.00 bits per heavy atom. The number of fused-ring (bicyclic) bond motifs is 1. The molecule has 2 amide bonds. The number of hydrogen-bond donors (Lipinski definition) is 4. The number of benzene rings is 1. The van der Waals surface area contributed by atoms with Crippen molar-refractivity contribution in [2.24, 2.45) is 0 Å². The number of carbonyl (C=O) groups is 2. The zero-order chi connectivity index (χ0) is 17.8. The van der Waals surface area contributed by atoms with Gasteiger partial charge < -0.3 is 16.0 Å². The van der Waals surface area contributed by atoms with Gasteiger partial charge in [0.05, 0.1) is 0 Å². The fourth-order valence-electron chi connectivity index (χ4n) is 2.94. The fraction of sp³-hybridized carbons (Fsp3) is 0.389. The number of nitrogens with one attached hydrogen (secondary N) is 4. The molecule has 0 radical (unpaired) electrons. The van der Waals surface area contributed by atoms with Gasteiger partial charge in [0.1, 0.15) is 0 Å². The van der Waals surface area contributed by atoms with Crippen molar-refractivity contribution in [2.45, 2.75) is 39.7 Å². The molecule has 2 aromatic rings. The predicted octanol–water partition coefficient (Wildman–Crippen LogP) is 2.35. The Morgan fingerprint density at radius 1 is 1.24 bits per heavy atom. The third-order valence-corrected chi connectivity index (χ3v) is 4.35. The van der Waals surface area contributed by atoms with E-state index in [-0.39, 0.29) is 11.8 Å². The van der Waals surface area contributed by atoms with Crippen molar-refractivity contribution >= 4 is 23.2 Å². The summed E-state index contributed by atoms with van der Waals surface area (Å²) in [4.78, 5) is 24.5. The van der Waals surface area contributed by atoms with Gasteiger partial charge in [0.15, 0.2) is 5.69 Å². The van der Waals surface area contributed by atoms with Gasteiger partial charge in [-0.05, 0) is 31.0 Å². The zero-order valence-electron chi connectivity index (χ0n) is 14.5. The lowest BCUT2D eigenvalue weighted by Crippen LogP contribution is -2.25. The lowest BCUT2D eigenvalue weighted by atomic mass is 10.1. The van der Waals surface area contributed by atoms with E-state index in [9.17, 15) is 9.59 Å². The molecule has 1 aromatic heterocycles. The SMILES string of the molecule is CCCC(=O)Nc1cccc(NC(=O)c2n[nH]c3c2CNCC3)c1C. The monoisotopic (exact) mass is 341 g/mol. The van der Waals surface area contributed by atoms with Crippen molar-refractivity contribution in [3.63, 3.8) is 0 Å². The summed E-state index contributed by atoms with van der Waals surface area (Å²) >= 11 is 0. The molecule has 1 aromatic carbocycles. The molecule has 4 N–H and O–H groups in total. The first-order valence-corrected chi connectivity index (χ1v) is 8.57. The first-order chi connectivity index (χ1) is 12.1. The first-order valence-electron chi connectivity index (χ1n) is 8.57. The van der Waals surface area contributed by atoms with Crippen molar-refractivity contribution in [1.82, 2.24) is 15.5 Å². The van der Waals surface area contributed by atoms with Gasteiger partial charge in [-0.2, -0.15) is 5.10 Å². The summed E-state index contributed by atoms with van der Waals surface area (Å²) in [7, 11) is 0. The van der Waals surface area contributed by atoms with E-state index in [1.165, 1.54) is 0 Å². The highest BCUT2D eigenvalue weighted by Gasteiger charge is 2.22. The number of rotatable bonds is 5. The van der Waals surface area contributed by atoms with E-state index < -0.39 is 0 Å². The van der Waals surface area contributed by atoms with Crippen LogP contribution in [0.1, 0.15) is 47.1 Å². The second-order valence-corrected chi connectivity index (χ2v) is 6.19. The van der Waals surface area contributed by atoms with E-state index in [0.29, 0.717) is 30.0 Å². The molecule has 2 heterocycles. The van der Waals surface area contributed by atoms with Crippen LogP contribution in [0.15, 0.2) is 18.2 Å². The highest BCUT2D eigenvalue weighted by Crippen LogP contribution is 2.25. The van der Waals surface area contributed by atoms with Crippen molar-refractivity contribution in [1.29, 1.82) is 0 Å². The maximum absolute atomic E-state index is 12.6. The summed E-state index contributed by atoms with van der Waals surface area (Å²) in [6.07, 6.45) is 2.11. The summed E-state index contributed by atoms with van der Waals surface area (Å²) in [6.45, 7) is 5.36. The third kappa shape index (κ3) is 3.71. The van der Waals surface area contributed by atoms with Crippen molar-refractivity contribution < 1.29 is 9.59 Å². The van der Waals surface area contributed by atoms with E-state index in [0.717, 1.165) is 36.2 Å². The van der Waals surface area contributed by atoms with Crippen LogP contribution in [0.25, 0.3) is 0 Å². The molecule has 0 spiro atoms. The Bertz CT molecular complexity index is 797. The van der Waals surface area contributed by atoms with E-state index in [4.69, 9.17) is 0 Å². The fourth-order valence-corrected chi connectivity index (χ4v) is 2.94. The quantitative estimate of drug-likeness (QED) is 0.671. The topological polar surface area (TPSA) is 98.9 Å². The van der Waals surface area contributed by atoms with Crippen LogP contribution < -0.4 is 16.0 Å². The number of anilines is 2. The summed E-state index contributed by atoms with van der Waals surface area (Å²) in [5.74, 6) is -0.275. The molecule has 0 saturated heterocycles. The van der Waals surface area contributed by atoms with Gasteiger partial charge in [0, 0.05) is 48.6 Å². The number of hydrogen-bond acceptors (Lipinski definition) is 4. The maximum Gasteiger partial charge on any atom is 0.276 e. The molecule has 25 heavy (non-hydrogen) atoms. The van der Waals surface area contributed by atoms with E-state index in [1.807, 2.05) is 32.0 Å². The van der Waals surface area contributed by atoms with Gasteiger partial charge >= 0.3 is 0 Å². The van der Waals surface area contributed by atoms with Gasteiger partial charge in [0.2, 0.25) is 5.91 Å². The lowest BCUT2D eigenvalue weighted by Gasteiger charge is -2.15. The Balaban J connectivity index is 1.77. The molecule has 0 aliphatic carbocycles. The van der Waals surface area contributed by atoms with Crippen molar-refractivity contribution in [2.75, 3.05) is 17.2 Å². The number of H-pyrrole nitrogens is 1. The van der Waals surface area contributed by atoms with E-state index in [2.05, 4.69) is 26.1 Å². The first kappa shape index (κ1) is 17.2. The van der Waals surface area contributed by atoms with Crippen molar-refractivity contribution in [3.05, 3.63) is 40.7 Å². The van der Waals surface area contributed by atoms with Crippen LogP contribution in [0.5, 0.6) is 0 Å². The molecule has 0 unspecified atom stereocenters. The third-order valence-electron chi connectivity index (χ3n) is 4.35. The molecule has 0 fully saturated rings. The Kier molecular flexibility index (Phi) is 5.14. The number of amides is 2. The molecule has 0 atom stereocenters.